The molecule has 2 aromatic heterocycles. The van der Waals surface area contributed by atoms with E-state index in [1.165, 1.54) is 12.8 Å². The third-order valence-electron chi connectivity index (χ3n) is 3.97. The van der Waals surface area contributed by atoms with Gasteiger partial charge in [-0.05, 0) is 25.0 Å². The lowest BCUT2D eigenvalue weighted by molar-refractivity contribution is 0.0827. The molecular weight excluding hydrogens is 304 g/mol. The third kappa shape index (κ3) is 3.79. The van der Waals surface area contributed by atoms with Gasteiger partial charge < -0.3 is 15.1 Å². The standard InChI is InChI=1S/C17H22N6O/c1-22(2)16(24)14-5-6-18-15(9-14)19-10-13-11-20-17(21-12-13)23-7-3-4-8-23/h5-6,9,11-12H,3-4,7-8,10H2,1-2H3,(H,18,19). The fourth-order valence-corrected chi connectivity index (χ4v) is 2.63. The van der Waals surface area contributed by atoms with Gasteiger partial charge in [0.15, 0.2) is 0 Å². The summed E-state index contributed by atoms with van der Waals surface area (Å²) in [6.45, 7) is 2.63. The van der Waals surface area contributed by atoms with Gasteiger partial charge in [0.05, 0.1) is 0 Å². The zero-order valence-electron chi connectivity index (χ0n) is 14.1. The Kier molecular flexibility index (Phi) is 4.88. The molecule has 0 aliphatic carbocycles. The molecule has 0 atom stereocenters. The molecule has 7 nitrogen and oxygen atoms in total. The van der Waals surface area contributed by atoms with E-state index >= 15 is 0 Å². The molecule has 0 spiro atoms. The molecular formula is C17H22N6O. The Morgan fingerprint density at radius 3 is 2.58 bits per heavy atom. The van der Waals surface area contributed by atoms with Crippen LogP contribution in [0.1, 0.15) is 28.8 Å². The number of nitrogens with zero attached hydrogens (tertiary/aromatic N) is 5. The van der Waals surface area contributed by atoms with E-state index in [1.54, 1.807) is 37.3 Å². The number of carbonyl (C=O) groups is 1. The predicted molar refractivity (Wildman–Crippen MR) is 93.1 cm³/mol. The van der Waals surface area contributed by atoms with Gasteiger partial charge in [-0.2, -0.15) is 0 Å². The summed E-state index contributed by atoms with van der Waals surface area (Å²) < 4.78 is 0. The van der Waals surface area contributed by atoms with Gasteiger partial charge in [-0.15, -0.1) is 0 Å². The number of pyridine rings is 1. The molecule has 1 amide bonds. The SMILES string of the molecule is CN(C)C(=O)c1ccnc(NCc2cnc(N3CCCC3)nc2)c1. The van der Waals surface area contributed by atoms with Crippen LogP contribution in [-0.2, 0) is 6.54 Å². The van der Waals surface area contributed by atoms with Crippen LogP contribution >= 0.6 is 0 Å². The van der Waals surface area contributed by atoms with Crippen molar-refractivity contribution < 1.29 is 4.79 Å². The van der Waals surface area contributed by atoms with E-state index in [4.69, 9.17) is 0 Å². The van der Waals surface area contributed by atoms with Crippen molar-refractivity contribution in [1.29, 1.82) is 0 Å². The first kappa shape index (κ1) is 16.2. The van der Waals surface area contributed by atoms with Crippen molar-refractivity contribution in [3.05, 3.63) is 41.9 Å². The van der Waals surface area contributed by atoms with Gasteiger partial charge >= 0.3 is 0 Å². The highest BCUT2D eigenvalue weighted by Gasteiger charge is 2.14. The largest absolute Gasteiger partial charge is 0.366 e. The fraction of sp³-hybridized carbons (Fsp3) is 0.412. The van der Waals surface area contributed by atoms with Crippen LogP contribution in [0.5, 0.6) is 0 Å². The van der Waals surface area contributed by atoms with E-state index in [2.05, 4.69) is 25.2 Å². The number of amides is 1. The molecule has 1 saturated heterocycles. The summed E-state index contributed by atoms with van der Waals surface area (Å²) in [7, 11) is 3.46. The van der Waals surface area contributed by atoms with Crippen LogP contribution in [0.25, 0.3) is 0 Å². The van der Waals surface area contributed by atoms with Crippen molar-refractivity contribution in [2.45, 2.75) is 19.4 Å². The second kappa shape index (κ2) is 7.25. The van der Waals surface area contributed by atoms with Crippen molar-refractivity contribution in [3.63, 3.8) is 0 Å². The van der Waals surface area contributed by atoms with Gasteiger partial charge in [-0.25, -0.2) is 15.0 Å². The first-order valence-electron chi connectivity index (χ1n) is 8.11. The number of nitrogens with one attached hydrogen (secondary N) is 1. The summed E-state index contributed by atoms with van der Waals surface area (Å²) in [5.74, 6) is 1.41. The molecule has 24 heavy (non-hydrogen) atoms. The number of anilines is 2. The second-order valence-electron chi connectivity index (χ2n) is 6.07. The van der Waals surface area contributed by atoms with Crippen molar-refractivity contribution in [1.82, 2.24) is 19.9 Å². The lowest BCUT2D eigenvalue weighted by atomic mass is 10.2. The number of rotatable bonds is 5. The quantitative estimate of drug-likeness (QED) is 0.903. The second-order valence-corrected chi connectivity index (χ2v) is 6.07. The third-order valence-corrected chi connectivity index (χ3v) is 3.97. The zero-order valence-corrected chi connectivity index (χ0v) is 14.1. The Balaban J connectivity index is 1.61. The van der Waals surface area contributed by atoms with Crippen LogP contribution in [0.2, 0.25) is 0 Å². The summed E-state index contributed by atoms with van der Waals surface area (Å²) in [6.07, 6.45) is 7.72. The Bertz CT molecular complexity index is 694. The molecule has 0 aromatic carbocycles. The van der Waals surface area contributed by atoms with E-state index in [0.717, 1.165) is 24.6 Å². The first-order valence-corrected chi connectivity index (χ1v) is 8.11. The summed E-state index contributed by atoms with van der Waals surface area (Å²) in [5, 5.41) is 3.21. The van der Waals surface area contributed by atoms with E-state index in [0.29, 0.717) is 17.9 Å². The Morgan fingerprint density at radius 1 is 1.21 bits per heavy atom. The minimum atomic E-state index is -0.0428. The minimum absolute atomic E-state index is 0.0428. The van der Waals surface area contributed by atoms with Crippen molar-refractivity contribution >= 4 is 17.7 Å². The summed E-state index contributed by atoms with van der Waals surface area (Å²) in [6, 6.07) is 3.46. The van der Waals surface area contributed by atoms with Gasteiger partial charge in [0.1, 0.15) is 5.82 Å². The average molecular weight is 326 g/mol. The van der Waals surface area contributed by atoms with Gasteiger partial charge in [0.25, 0.3) is 5.91 Å². The van der Waals surface area contributed by atoms with E-state index in [9.17, 15) is 4.79 Å². The lowest BCUT2D eigenvalue weighted by Gasteiger charge is -2.15. The molecule has 1 aliphatic heterocycles. The van der Waals surface area contributed by atoms with Crippen LogP contribution in [0.3, 0.4) is 0 Å². The molecule has 0 saturated carbocycles. The topological polar surface area (TPSA) is 74.2 Å². The van der Waals surface area contributed by atoms with Gasteiger partial charge in [0, 0.05) is 63.4 Å². The smallest absolute Gasteiger partial charge is 0.253 e. The molecule has 126 valence electrons. The molecule has 3 heterocycles. The first-order chi connectivity index (χ1) is 11.6. The van der Waals surface area contributed by atoms with Crippen LogP contribution < -0.4 is 10.2 Å². The number of hydrogen-bond acceptors (Lipinski definition) is 6. The van der Waals surface area contributed by atoms with Crippen LogP contribution in [0.4, 0.5) is 11.8 Å². The van der Waals surface area contributed by atoms with Crippen molar-refractivity contribution in [2.75, 3.05) is 37.4 Å². The van der Waals surface area contributed by atoms with E-state index in [1.807, 2.05) is 12.4 Å². The maximum atomic E-state index is 12.0. The van der Waals surface area contributed by atoms with Crippen LogP contribution in [0.15, 0.2) is 30.7 Å². The maximum absolute atomic E-state index is 12.0. The zero-order chi connectivity index (χ0) is 16.9. The molecule has 1 N–H and O–H groups in total. The molecule has 0 unspecified atom stereocenters. The molecule has 1 fully saturated rings. The van der Waals surface area contributed by atoms with Gasteiger partial charge in [-0.1, -0.05) is 0 Å². The van der Waals surface area contributed by atoms with Crippen molar-refractivity contribution in [3.8, 4) is 0 Å². The number of carbonyl (C=O) groups excluding carboxylic acids is 1. The molecule has 7 heteroatoms. The maximum Gasteiger partial charge on any atom is 0.253 e. The highest BCUT2D eigenvalue weighted by molar-refractivity contribution is 5.94. The van der Waals surface area contributed by atoms with Crippen LogP contribution in [0, 0.1) is 0 Å². The molecule has 0 radical (unpaired) electrons. The van der Waals surface area contributed by atoms with Crippen molar-refractivity contribution in [2.24, 2.45) is 0 Å². The predicted octanol–water partition coefficient (Wildman–Crippen LogP) is 1.79. The highest BCUT2D eigenvalue weighted by atomic mass is 16.2. The molecule has 3 rings (SSSR count). The summed E-state index contributed by atoms with van der Waals surface area (Å²) in [5.41, 5.74) is 1.59. The number of aromatic nitrogens is 3. The molecule has 0 bridgehead atoms. The minimum Gasteiger partial charge on any atom is -0.366 e. The Labute approximate surface area is 141 Å². The Morgan fingerprint density at radius 2 is 1.92 bits per heavy atom. The average Bonchev–Trinajstić information content (AvgIpc) is 3.14. The Hall–Kier alpha value is -2.70. The van der Waals surface area contributed by atoms with Crippen LogP contribution in [-0.4, -0.2) is 52.9 Å². The summed E-state index contributed by atoms with van der Waals surface area (Å²) in [4.78, 5) is 28.8. The van der Waals surface area contributed by atoms with Gasteiger partial charge in [0.2, 0.25) is 5.95 Å². The monoisotopic (exact) mass is 326 g/mol. The fourth-order valence-electron chi connectivity index (χ4n) is 2.63. The highest BCUT2D eigenvalue weighted by Crippen LogP contribution is 2.15. The lowest BCUT2D eigenvalue weighted by Crippen LogP contribution is -2.21. The number of hydrogen-bond donors (Lipinski definition) is 1. The summed E-state index contributed by atoms with van der Waals surface area (Å²) >= 11 is 0. The normalized spacial score (nSPS) is 13.8. The van der Waals surface area contributed by atoms with E-state index in [-0.39, 0.29) is 5.91 Å². The molecule has 2 aromatic rings. The molecule has 1 aliphatic rings. The van der Waals surface area contributed by atoms with E-state index < -0.39 is 0 Å². The van der Waals surface area contributed by atoms with Gasteiger partial charge in [-0.3, -0.25) is 4.79 Å².